The molecular formula is C16H19BrN2. The van der Waals surface area contributed by atoms with E-state index in [4.69, 9.17) is 0 Å². The summed E-state index contributed by atoms with van der Waals surface area (Å²) in [5.74, 6) is 0. The summed E-state index contributed by atoms with van der Waals surface area (Å²) in [6.07, 6.45) is 2.83. The summed E-state index contributed by atoms with van der Waals surface area (Å²) in [6, 6.07) is 12.9. The zero-order chi connectivity index (χ0) is 13.7. The molecule has 0 aliphatic heterocycles. The van der Waals surface area contributed by atoms with Gasteiger partial charge in [-0.15, -0.1) is 0 Å². The van der Waals surface area contributed by atoms with Gasteiger partial charge in [-0.3, -0.25) is 4.98 Å². The number of hydrogen-bond donors (Lipinski definition) is 1. The van der Waals surface area contributed by atoms with E-state index in [0.717, 1.165) is 23.1 Å². The number of aryl methyl sites for hydroxylation is 1. The van der Waals surface area contributed by atoms with Crippen LogP contribution in [0.1, 0.15) is 29.8 Å². The van der Waals surface area contributed by atoms with Crippen molar-refractivity contribution in [3.63, 3.8) is 0 Å². The van der Waals surface area contributed by atoms with Gasteiger partial charge in [0.25, 0.3) is 0 Å². The van der Waals surface area contributed by atoms with Gasteiger partial charge in [-0.2, -0.15) is 0 Å². The molecule has 1 atom stereocenters. The van der Waals surface area contributed by atoms with Gasteiger partial charge < -0.3 is 5.32 Å². The third-order valence-electron chi connectivity index (χ3n) is 3.18. The number of halogens is 1. The van der Waals surface area contributed by atoms with Crippen LogP contribution in [0.25, 0.3) is 0 Å². The van der Waals surface area contributed by atoms with Crippen LogP contribution in [0.3, 0.4) is 0 Å². The minimum absolute atomic E-state index is 0.271. The maximum Gasteiger partial charge on any atom is 0.0605 e. The van der Waals surface area contributed by atoms with E-state index in [9.17, 15) is 0 Å². The Hall–Kier alpha value is -1.19. The van der Waals surface area contributed by atoms with Gasteiger partial charge in [-0.05, 0) is 49.2 Å². The summed E-state index contributed by atoms with van der Waals surface area (Å²) < 4.78 is 1.12. The topological polar surface area (TPSA) is 24.9 Å². The molecule has 0 bridgehead atoms. The van der Waals surface area contributed by atoms with Crippen molar-refractivity contribution in [2.24, 2.45) is 0 Å². The molecule has 1 aromatic heterocycles. The molecule has 0 aliphatic rings. The molecule has 0 saturated heterocycles. The zero-order valence-electron chi connectivity index (χ0n) is 11.4. The van der Waals surface area contributed by atoms with Crippen LogP contribution < -0.4 is 5.32 Å². The van der Waals surface area contributed by atoms with E-state index >= 15 is 0 Å². The van der Waals surface area contributed by atoms with Crippen molar-refractivity contribution in [1.82, 2.24) is 10.3 Å². The fraction of sp³-hybridized carbons (Fsp3) is 0.312. The SMILES string of the molecule is CCNC(Cc1ccc(Br)cc1)c1ncccc1C. The summed E-state index contributed by atoms with van der Waals surface area (Å²) >= 11 is 3.47. The number of nitrogens with one attached hydrogen (secondary N) is 1. The Morgan fingerprint density at radius 1 is 1.21 bits per heavy atom. The summed E-state index contributed by atoms with van der Waals surface area (Å²) in [6.45, 7) is 5.19. The predicted molar refractivity (Wildman–Crippen MR) is 83.2 cm³/mol. The fourth-order valence-electron chi connectivity index (χ4n) is 2.23. The fourth-order valence-corrected chi connectivity index (χ4v) is 2.50. The van der Waals surface area contributed by atoms with E-state index in [1.807, 2.05) is 12.3 Å². The Balaban J connectivity index is 2.21. The van der Waals surface area contributed by atoms with Crippen LogP contribution in [0.15, 0.2) is 47.1 Å². The molecule has 0 saturated carbocycles. The summed E-state index contributed by atoms with van der Waals surface area (Å²) in [7, 11) is 0. The molecule has 0 aliphatic carbocycles. The molecule has 1 N–H and O–H groups in total. The number of aromatic nitrogens is 1. The van der Waals surface area contributed by atoms with E-state index in [1.54, 1.807) is 0 Å². The van der Waals surface area contributed by atoms with Crippen LogP contribution in [-0.4, -0.2) is 11.5 Å². The molecular weight excluding hydrogens is 300 g/mol. The predicted octanol–water partition coefficient (Wildman–Crippen LogP) is 4.05. The molecule has 3 heteroatoms. The number of likely N-dealkylation sites (N-methyl/N-ethyl adjacent to an activating group) is 1. The van der Waals surface area contributed by atoms with Crippen LogP contribution >= 0.6 is 15.9 Å². The molecule has 1 unspecified atom stereocenters. The number of pyridine rings is 1. The maximum atomic E-state index is 4.54. The van der Waals surface area contributed by atoms with Crippen LogP contribution in [0.5, 0.6) is 0 Å². The van der Waals surface area contributed by atoms with E-state index in [-0.39, 0.29) is 6.04 Å². The van der Waals surface area contributed by atoms with Crippen LogP contribution in [0.2, 0.25) is 0 Å². The van der Waals surface area contributed by atoms with Crippen molar-refractivity contribution in [3.8, 4) is 0 Å². The van der Waals surface area contributed by atoms with E-state index in [0.29, 0.717) is 0 Å². The van der Waals surface area contributed by atoms with Gasteiger partial charge in [0, 0.05) is 10.7 Å². The van der Waals surface area contributed by atoms with E-state index < -0.39 is 0 Å². The standard InChI is InChI=1S/C16H19BrN2/c1-3-18-15(16-12(2)5-4-10-19-16)11-13-6-8-14(17)9-7-13/h4-10,15,18H,3,11H2,1-2H3. The highest BCUT2D eigenvalue weighted by molar-refractivity contribution is 9.10. The third kappa shape index (κ3) is 3.88. The van der Waals surface area contributed by atoms with Crippen molar-refractivity contribution in [2.75, 3.05) is 6.54 Å². The van der Waals surface area contributed by atoms with Crippen LogP contribution in [-0.2, 0) is 6.42 Å². The van der Waals surface area contributed by atoms with Gasteiger partial charge in [-0.1, -0.05) is 41.1 Å². The van der Waals surface area contributed by atoms with Crippen molar-refractivity contribution >= 4 is 15.9 Å². The van der Waals surface area contributed by atoms with Gasteiger partial charge in [0.1, 0.15) is 0 Å². The number of benzene rings is 1. The average molecular weight is 319 g/mol. The van der Waals surface area contributed by atoms with Crippen LogP contribution in [0.4, 0.5) is 0 Å². The number of hydrogen-bond acceptors (Lipinski definition) is 2. The first-order chi connectivity index (χ1) is 9.20. The lowest BCUT2D eigenvalue weighted by atomic mass is 10.00. The third-order valence-corrected chi connectivity index (χ3v) is 3.71. The smallest absolute Gasteiger partial charge is 0.0605 e. The highest BCUT2D eigenvalue weighted by Gasteiger charge is 2.14. The first-order valence-corrected chi connectivity index (χ1v) is 7.39. The van der Waals surface area contributed by atoms with E-state index in [2.05, 4.69) is 70.4 Å². The second-order valence-electron chi connectivity index (χ2n) is 4.65. The lowest BCUT2D eigenvalue weighted by Crippen LogP contribution is -2.24. The Bertz CT molecular complexity index is 523. The molecule has 1 aromatic carbocycles. The van der Waals surface area contributed by atoms with Gasteiger partial charge >= 0.3 is 0 Å². The Labute approximate surface area is 123 Å². The van der Waals surface area contributed by atoms with Crippen LogP contribution in [0, 0.1) is 6.92 Å². The molecule has 2 rings (SSSR count). The molecule has 0 fully saturated rings. The molecule has 100 valence electrons. The van der Waals surface area contributed by atoms with E-state index in [1.165, 1.54) is 11.1 Å². The minimum Gasteiger partial charge on any atom is -0.309 e. The highest BCUT2D eigenvalue weighted by Crippen LogP contribution is 2.20. The molecule has 2 nitrogen and oxygen atoms in total. The van der Waals surface area contributed by atoms with Gasteiger partial charge in [-0.25, -0.2) is 0 Å². The largest absolute Gasteiger partial charge is 0.309 e. The van der Waals surface area contributed by atoms with Gasteiger partial charge in [0.15, 0.2) is 0 Å². The monoisotopic (exact) mass is 318 g/mol. The molecule has 2 aromatic rings. The van der Waals surface area contributed by atoms with Gasteiger partial charge in [0.2, 0.25) is 0 Å². The zero-order valence-corrected chi connectivity index (χ0v) is 12.9. The second-order valence-corrected chi connectivity index (χ2v) is 5.56. The molecule has 0 spiro atoms. The Morgan fingerprint density at radius 2 is 1.95 bits per heavy atom. The van der Waals surface area contributed by atoms with Crippen molar-refractivity contribution in [1.29, 1.82) is 0 Å². The molecule has 19 heavy (non-hydrogen) atoms. The maximum absolute atomic E-state index is 4.54. The van der Waals surface area contributed by atoms with Crippen molar-refractivity contribution < 1.29 is 0 Å². The summed E-state index contributed by atoms with van der Waals surface area (Å²) in [5.41, 5.74) is 3.71. The second kappa shape index (κ2) is 6.83. The van der Waals surface area contributed by atoms with Crippen molar-refractivity contribution in [2.45, 2.75) is 26.3 Å². The number of nitrogens with zero attached hydrogens (tertiary/aromatic N) is 1. The first-order valence-electron chi connectivity index (χ1n) is 6.60. The highest BCUT2D eigenvalue weighted by atomic mass is 79.9. The van der Waals surface area contributed by atoms with Gasteiger partial charge in [0.05, 0.1) is 11.7 Å². The lowest BCUT2D eigenvalue weighted by Gasteiger charge is -2.19. The van der Waals surface area contributed by atoms with Crippen molar-refractivity contribution in [3.05, 3.63) is 63.9 Å². The molecule has 0 amide bonds. The summed E-state index contributed by atoms with van der Waals surface area (Å²) in [5, 5.41) is 3.53. The normalized spacial score (nSPS) is 12.4. The average Bonchev–Trinajstić information content (AvgIpc) is 2.41. The minimum atomic E-state index is 0.271. The lowest BCUT2D eigenvalue weighted by molar-refractivity contribution is 0.534. The Morgan fingerprint density at radius 3 is 2.58 bits per heavy atom. The number of rotatable bonds is 5. The first kappa shape index (κ1) is 14.2. The Kier molecular flexibility index (Phi) is 5.11. The molecule has 1 heterocycles. The summed E-state index contributed by atoms with van der Waals surface area (Å²) in [4.78, 5) is 4.54. The quantitative estimate of drug-likeness (QED) is 0.899. The molecule has 0 radical (unpaired) electrons.